The van der Waals surface area contributed by atoms with Gasteiger partial charge in [0.1, 0.15) is 5.75 Å². The van der Waals surface area contributed by atoms with Crippen LogP contribution in [0.2, 0.25) is 0 Å². The quantitative estimate of drug-likeness (QED) is 0.797. The van der Waals surface area contributed by atoms with Crippen molar-refractivity contribution in [3.05, 3.63) is 29.3 Å². The van der Waals surface area contributed by atoms with Gasteiger partial charge in [-0.25, -0.2) is 4.79 Å². The average Bonchev–Trinajstić information content (AvgIpc) is 2.29. The number of benzene rings is 1. The average molecular weight is 264 g/mol. The Morgan fingerprint density at radius 3 is 2.28 bits per heavy atom. The second-order valence-electron chi connectivity index (χ2n) is 3.70. The molecule has 0 aliphatic carbocycles. The number of phenols is 1. The molecular weight excluding hydrogens is 253 g/mol. The number of hydrogen-bond donors (Lipinski definition) is 2. The van der Waals surface area contributed by atoms with Crippen molar-refractivity contribution in [1.29, 1.82) is 0 Å². The summed E-state index contributed by atoms with van der Waals surface area (Å²) in [6.45, 7) is 1.34. The van der Waals surface area contributed by atoms with E-state index in [1.165, 1.54) is 6.92 Å². The van der Waals surface area contributed by atoms with Crippen molar-refractivity contribution < 1.29 is 32.9 Å². The Kier molecular flexibility index (Phi) is 3.57. The minimum Gasteiger partial charge on any atom is -0.508 e. The number of ether oxygens (including phenoxy) is 1. The fraction of sp³-hybridized carbons (Fsp3) is 0.364. The Hall–Kier alpha value is -1.76. The van der Waals surface area contributed by atoms with Gasteiger partial charge in [-0.2, -0.15) is 13.2 Å². The predicted molar refractivity (Wildman–Crippen MR) is 54.8 cm³/mol. The second kappa shape index (κ2) is 4.49. The number of halogens is 3. The van der Waals surface area contributed by atoms with Crippen molar-refractivity contribution in [2.45, 2.75) is 18.7 Å². The summed E-state index contributed by atoms with van der Waals surface area (Å²) in [5, 5.41) is 18.9. The maximum absolute atomic E-state index is 12.8. The second-order valence-corrected chi connectivity index (χ2v) is 3.70. The smallest absolute Gasteiger partial charge is 0.432 e. The predicted octanol–water partition coefficient (Wildman–Crippen LogP) is 1.62. The van der Waals surface area contributed by atoms with Crippen LogP contribution < -0.4 is 0 Å². The number of esters is 1. The van der Waals surface area contributed by atoms with Crippen molar-refractivity contribution >= 4 is 5.97 Å². The summed E-state index contributed by atoms with van der Waals surface area (Å²) in [6, 6.07) is 2.65. The van der Waals surface area contributed by atoms with Crippen molar-refractivity contribution in [1.82, 2.24) is 0 Å². The lowest BCUT2D eigenvalue weighted by Gasteiger charge is -2.28. The number of carbonyl (C=O) groups excluding carboxylic acids is 1. The van der Waals surface area contributed by atoms with Gasteiger partial charge in [0.2, 0.25) is 0 Å². The highest BCUT2D eigenvalue weighted by atomic mass is 19.4. The van der Waals surface area contributed by atoms with E-state index < -0.39 is 23.3 Å². The first kappa shape index (κ1) is 14.3. The van der Waals surface area contributed by atoms with Gasteiger partial charge in [0.15, 0.2) is 0 Å². The van der Waals surface area contributed by atoms with Crippen molar-refractivity contribution in [2.75, 3.05) is 7.11 Å². The topological polar surface area (TPSA) is 66.8 Å². The minimum absolute atomic E-state index is 0.0964. The van der Waals surface area contributed by atoms with Gasteiger partial charge in [-0.15, -0.1) is 0 Å². The molecule has 1 rings (SSSR count). The SMILES string of the molecule is COC(=O)[C@](O)(c1ccc(O)c(C)c1)C(F)(F)F. The Labute approximate surface area is 101 Å². The Morgan fingerprint density at radius 1 is 1.33 bits per heavy atom. The zero-order chi connectivity index (χ0) is 14.1. The molecule has 0 radical (unpaired) electrons. The summed E-state index contributed by atoms with van der Waals surface area (Å²) in [5.41, 5.74) is -4.36. The molecule has 0 aromatic heterocycles. The van der Waals surface area contributed by atoms with E-state index in [0.29, 0.717) is 0 Å². The van der Waals surface area contributed by atoms with E-state index in [0.717, 1.165) is 25.3 Å². The summed E-state index contributed by atoms with van der Waals surface area (Å²) in [7, 11) is 0.742. The van der Waals surface area contributed by atoms with Crippen LogP contribution in [-0.4, -0.2) is 29.5 Å². The van der Waals surface area contributed by atoms with Gasteiger partial charge in [-0.3, -0.25) is 0 Å². The highest BCUT2D eigenvalue weighted by molar-refractivity contribution is 5.82. The number of hydrogen-bond acceptors (Lipinski definition) is 4. The highest BCUT2D eigenvalue weighted by Gasteiger charge is 2.62. The van der Waals surface area contributed by atoms with Crippen LogP contribution in [0.4, 0.5) is 13.2 Å². The first-order chi connectivity index (χ1) is 8.14. The highest BCUT2D eigenvalue weighted by Crippen LogP contribution is 2.40. The molecule has 0 saturated carbocycles. The molecule has 0 aliphatic heterocycles. The van der Waals surface area contributed by atoms with Gasteiger partial charge in [0.05, 0.1) is 7.11 Å². The molecule has 4 nitrogen and oxygen atoms in total. The van der Waals surface area contributed by atoms with Gasteiger partial charge in [-0.05, 0) is 24.6 Å². The number of aliphatic hydroxyl groups is 1. The molecule has 0 bridgehead atoms. The summed E-state index contributed by atoms with van der Waals surface area (Å²) >= 11 is 0. The fourth-order valence-corrected chi connectivity index (χ4v) is 1.43. The molecule has 0 amide bonds. The lowest BCUT2D eigenvalue weighted by molar-refractivity contribution is -0.266. The van der Waals surface area contributed by atoms with Crippen molar-refractivity contribution in [3.8, 4) is 5.75 Å². The molecule has 7 heteroatoms. The molecule has 1 aromatic rings. The van der Waals surface area contributed by atoms with E-state index in [1.807, 2.05) is 0 Å². The van der Waals surface area contributed by atoms with Gasteiger partial charge >= 0.3 is 12.1 Å². The third-order valence-corrected chi connectivity index (χ3v) is 2.51. The summed E-state index contributed by atoms with van der Waals surface area (Å²) < 4.78 is 42.5. The monoisotopic (exact) mass is 264 g/mol. The molecule has 1 atom stereocenters. The van der Waals surface area contributed by atoms with E-state index >= 15 is 0 Å². The Bertz CT molecular complexity index is 470. The normalized spacial score (nSPS) is 15.0. The molecular formula is C11H11F3O4. The minimum atomic E-state index is -5.23. The van der Waals surface area contributed by atoms with Crippen molar-refractivity contribution in [3.63, 3.8) is 0 Å². The molecule has 1 aromatic carbocycles. The maximum Gasteiger partial charge on any atom is 0.432 e. The lowest BCUT2D eigenvalue weighted by Crippen LogP contribution is -2.49. The standard InChI is InChI=1S/C11H11F3O4/c1-6-5-7(3-4-8(6)15)10(17,9(16)18-2)11(12,13)14/h3-5,15,17H,1-2H3/t10-/m1/s1. The molecule has 0 unspecified atom stereocenters. The molecule has 0 spiro atoms. The van der Waals surface area contributed by atoms with Crippen LogP contribution in [0.5, 0.6) is 5.75 Å². The zero-order valence-corrected chi connectivity index (χ0v) is 9.58. The Balaban J connectivity index is 3.45. The van der Waals surface area contributed by atoms with Crippen LogP contribution in [0, 0.1) is 6.92 Å². The molecule has 18 heavy (non-hydrogen) atoms. The molecule has 0 saturated heterocycles. The molecule has 100 valence electrons. The third-order valence-electron chi connectivity index (χ3n) is 2.51. The van der Waals surface area contributed by atoms with Crippen LogP contribution in [0.1, 0.15) is 11.1 Å². The Morgan fingerprint density at radius 2 is 1.89 bits per heavy atom. The number of carbonyl (C=O) groups is 1. The fourth-order valence-electron chi connectivity index (χ4n) is 1.43. The van der Waals surface area contributed by atoms with Crippen LogP contribution in [0.15, 0.2) is 18.2 Å². The van der Waals surface area contributed by atoms with Crippen LogP contribution in [0.3, 0.4) is 0 Å². The van der Waals surface area contributed by atoms with Gasteiger partial charge in [0.25, 0.3) is 5.60 Å². The number of aromatic hydroxyl groups is 1. The van der Waals surface area contributed by atoms with E-state index in [9.17, 15) is 28.2 Å². The first-order valence-corrected chi connectivity index (χ1v) is 4.82. The summed E-state index contributed by atoms with van der Waals surface area (Å²) in [4.78, 5) is 11.2. The van der Waals surface area contributed by atoms with E-state index in [1.54, 1.807) is 0 Å². The number of phenolic OH excluding ortho intramolecular Hbond substituents is 1. The van der Waals surface area contributed by atoms with E-state index in [4.69, 9.17) is 0 Å². The van der Waals surface area contributed by atoms with E-state index in [2.05, 4.69) is 4.74 Å². The van der Waals surface area contributed by atoms with E-state index in [-0.39, 0.29) is 11.3 Å². The zero-order valence-electron chi connectivity index (χ0n) is 9.58. The maximum atomic E-state index is 12.8. The summed E-state index contributed by atoms with van der Waals surface area (Å²) in [5.74, 6) is -2.08. The van der Waals surface area contributed by atoms with Crippen LogP contribution in [0.25, 0.3) is 0 Å². The number of methoxy groups -OCH3 is 1. The van der Waals surface area contributed by atoms with Crippen LogP contribution in [-0.2, 0) is 15.1 Å². The third kappa shape index (κ3) is 2.13. The largest absolute Gasteiger partial charge is 0.508 e. The number of rotatable bonds is 2. The molecule has 0 aliphatic rings. The molecule has 0 heterocycles. The number of alkyl halides is 3. The summed E-state index contributed by atoms with van der Waals surface area (Å²) in [6.07, 6.45) is -5.23. The molecule has 0 fully saturated rings. The van der Waals surface area contributed by atoms with Crippen LogP contribution >= 0.6 is 0 Å². The van der Waals surface area contributed by atoms with Gasteiger partial charge < -0.3 is 14.9 Å². The first-order valence-electron chi connectivity index (χ1n) is 4.82. The van der Waals surface area contributed by atoms with Crippen molar-refractivity contribution in [2.24, 2.45) is 0 Å². The number of aryl methyl sites for hydroxylation is 1. The van der Waals surface area contributed by atoms with Gasteiger partial charge in [-0.1, -0.05) is 6.07 Å². The van der Waals surface area contributed by atoms with Gasteiger partial charge in [0, 0.05) is 5.56 Å². The lowest BCUT2D eigenvalue weighted by atomic mass is 9.91. The molecule has 2 N–H and O–H groups in total.